The molecular formula is C17H23NO4. The molecule has 2 rings (SSSR count). The van der Waals surface area contributed by atoms with E-state index in [0.717, 1.165) is 12.0 Å². The molecule has 0 saturated carbocycles. The fraction of sp³-hybridized carbons (Fsp3) is 0.529. The van der Waals surface area contributed by atoms with E-state index < -0.39 is 5.41 Å². The van der Waals surface area contributed by atoms with Crippen molar-refractivity contribution in [2.24, 2.45) is 5.41 Å². The van der Waals surface area contributed by atoms with Gasteiger partial charge in [-0.1, -0.05) is 30.3 Å². The number of likely N-dealkylation sites (tertiary alicyclic amines) is 1. The molecule has 0 radical (unpaired) electrons. The van der Waals surface area contributed by atoms with Gasteiger partial charge in [-0.2, -0.15) is 0 Å². The van der Waals surface area contributed by atoms with Crippen LogP contribution < -0.4 is 0 Å². The third-order valence-corrected chi connectivity index (χ3v) is 4.28. The lowest BCUT2D eigenvalue weighted by Crippen LogP contribution is -2.52. The molecule has 1 aliphatic rings. The van der Waals surface area contributed by atoms with E-state index in [2.05, 4.69) is 0 Å². The molecule has 1 aliphatic heterocycles. The summed E-state index contributed by atoms with van der Waals surface area (Å²) in [5.41, 5.74) is 0.281. The zero-order chi connectivity index (χ0) is 16.2. The van der Waals surface area contributed by atoms with E-state index in [1.165, 1.54) is 7.11 Å². The number of carbonyl (C=O) groups excluding carboxylic acids is 2. The lowest BCUT2D eigenvalue weighted by atomic mass is 9.80. The molecule has 1 saturated heterocycles. The summed E-state index contributed by atoms with van der Waals surface area (Å²) in [4.78, 5) is 25.9. The second-order valence-electron chi connectivity index (χ2n) is 6.11. The molecule has 0 bridgehead atoms. The topological polar surface area (TPSA) is 55.8 Å². The molecule has 1 aromatic rings. The summed E-state index contributed by atoms with van der Waals surface area (Å²) in [6.07, 6.45) is 1.08. The largest absolute Gasteiger partial charge is 0.469 e. The van der Waals surface area contributed by atoms with Crippen molar-refractivity contribution in [3.63, 3.8) is 0 Å². The Hall–Kier alpha value is -2.04. The van der Waals surface area contributed by atoms with Crippen LogP contribution in [0.3, 0.4) is 0 Å². The number of amides is 1. The van der Waals surface area contributed by atoms with E-state index in [1.54, 1.807) is 4.90 Å². The Morgan fingerprint density at radius 2 is 2.00 bits per heavy atom. The van der Waals surface area contributed by atoms with Crippen LogP contribution in [-0.2, 0) is 20.9 Å². The number of rotatable bonds is 3. The van der Waals surface area contributed by atoms with Crippen LogP contribution in [0.25, 0.3) is 0 Å². The van der Waals surface area contributed by atoms with E-state index in [-0.39, 0.29) is 24.7 Å². The Balaban J connectivity index is 1.99. The summed E-state index contributed by atoms with van der Waals surface area (Å²) >= 11 is 0. The Kier molecular flexibility index (Phi) is 5.06. The predicted molar refractivity (Wildman–Crippen MR) is 82.2 cm³/mol. The predicted octanol–water partition coefficient (Wildman–Crippen LogP) is 2.99. The van der Waals surface area contributed by atoms with Gasteiger partial charge >= 0.3 is 12.1 Å². The molecule has 1 amide bonds. The smallest absolute Gasteiger partial charge is 0.410 e. The first kappa shape index (κ1) is 16.3. The van der Waals surface area contributed by atoms with Crippen molar-refractivity contribution in [2.45, 2.75) is 39.3 Å². The van der Waals surface area contributed by atoms with Crippen LogP contribution in [0.5, 0.6) is 0 Å². The van der Waals surface area contributed by atoms with Crippen LogP contribution >= 0.6 is 0 Å². The van der Waals surface area contributed by atoms with Gasteiger partial charge in [0.2, 0.25) is 0 Å². The Labute approximate surface area is 131 Å². The monoisotopic (exact) mass is 305 g/mol. The van der Waals surface area contributed by atoms with Crippen molar-refractivity contribution >= 4 is 12.1 Å². The van der Waals surface area contributed by atoms with Crippen LogP contribution in [-0.4, -0.2) is 36.7 Å². The molecule has 5 nitrogen and oxygen atoms in total. The highest BCUT2D eigenvalue weighted by molar-refractivity contribution is 5.78. The minimum atomic E-state index is -0.660. The number of carbonyl (C=O) groups is 2. The molecule has 0 aliphatic carbocycles. The fourth-order valence-corrected chi connectivity index (χ4v) is 2.75. The van der Waals surface area contributed by atoms with Gasteiger partial charge in [0.05, 0.1) is 12.5 Å². The summed E-state index contributed by atoms with van der Waals surface area (Å²) in [5, 5.41) is 0. The molecule has 5 heteroatoms. The zero-order valence-electron chi connectivity index (χ0n) is 13.4. The highest BCUT2D eigenvalue weighted by Gasteiger charge is 2.43. The third-order valence-electron chi connectivity index (χ3n) is 4.28. The third kappa shape index (κ3) is 3.59. The molecule has 1 fully saturated rings. The average Bonchev–Trinajstić information content (AvgIpc) is 2.55. The maximum absolute atomic E-state index is 12.3. The second-order valence-corrected chi connectivity index (χ2v) is 6.11. The maximum atomic E-state index is 12.3. The number of nitrogens with zero attached hydrogens (tertiary/aromatic N) is 1. The molecule has 1 aromatic carbocycles. The summed E-state index contributed by atoms with van der Waals surface area (Å²) < 4.78 is 10.2. The van der Waals surface area contributed by atoms with Gasteiger partial charge in [0.15, 0.2) is 0 Å². The highest BCUT2D eigenvalue weighted by Crippen LogP contribution is 2.34. The SMILES string of the molecule is COC(=O)C1(C)CCC(C)N(C(=O)OCc2ccccc2)C1. The number of hydrogen-bond donors (Lipinski definition) is 0. The van der Waals surface area contributed by atoms with Gasteiger partial charge in [0, 0.05) is 12.6 Å². The normalized spacial score (nSPS) is 24.7. The Morgan fingerprint density at radius 1 is 1.32 bits per heavy atom. The number of ether oxygens (including phenoxy) is 2. The Morgan fingerprint density at radius 3 is 2.64 bits per heavy atom. The van der Waals surface area contributed by atoms with E-state index in [4.69, 9.17) is 9.47 Å². The summed E-state index contributed by atoms with van der Waals surface area (Å²) in [6, 6.07) is 9.60. The standard InChI is InChI=1S/C17H23NO4/c1-13-9-10-17(2,15(19)21-3)12-18(13)16(20)22-11-14-7-5-4-6-8-14/h4-8,13H,9-12H2,1-3H3. The molecule has 2 unspecified atom stereocenters. The van der Waals surface area contributed by atoms with Crippen molar-refractivity contribution in [3.05, 3.63) is 35.9 Å². The van der Waals surface area contributed by atoms with Gasteiger partial charge in [-0.05, 0) is 32.3 Å². The van der Waals surface area contributed by atoms with Gasteiger partial charge in [-0.15, -0.1) is 0 Å². The van der Waals surface area contributed by atoms with Crippen molar-refractivity contribution in [1.29, 1.82) is 0 Å². The first-order chi connectivity index (χ1) is 10.5. The Bertz CT molecular complexity index is 531. The summed E-state index contributed by atoms with van der Waals surface area (Å²) in [6.45, 7) is 4.37. The summed E-state index contributed by atoms with van der Waals surface area (Å²) in [5.74, 6) is -0.278. The number of esters is 1. The van der Waals surface area contributed by atoms with E-state index in [9.17, 15) is 9.59 Å². The van der Waals surface area contributed by atoms with E-state index in [1.807, 2.05) is 44.2 Å². The van der Waals surface area contributed by atoms with Crippen molar-refractivity contribution in [1.82, 2.24) is 4.90 Å². The molecule has 0 N–H and O–H groups in total. The molecule has 0 aromatic heterocycles. The molecule has 0 spiro atoms. The molecule has 2 atom stereocenters. The maximum Gasteiger partial charge on any atom is 0.410 e. The minimum absolute atomic E-state index is 0.0565. The minimum Gasteiger partial charge on any atom is -0.469 e. The first-order valence-corrected chi connectivity index (χ1v) is 7.52. The van der Waals surface area contributed by atoms with Gasteiger partial charge in [-0.25, -0.2) is 4.79 Å². The molecular weight excluding hydrogens is 282 g/mol. The van der Waals surface area contributed by atoms with Crippen LogP contribution in [0.1, 0.15) is 32.3 Å². The van der Waals surface area contributed by atoms with Crippen molar-refractivity contribution in [2.75, 3.05) is 13.7 Å². The molecule has 1 heterocycles. The van der Waals surface area contributed by atoms with Crippen LogP contribution in [0.2, 0.25) is 0 Å². The number of hydrogen-bond acceptors (Lipinski definition) is 4. The number of benzene rings is 1. The van der Waals surface area contributed by atoms with Crippen LogP contribution in [0.15, 0.2) is 30.3 Å². The number of methoxy groups -OCH3 is 1. The van der Waals surface area contributed by atoms with E-state index >= 15 is 0 Å². The lowest BCUT2D eigenvalue weighted by Gasteiger charge is -2.41. The lowest BCUT2D eigenvalue weighted by molar-refractivity contribution is -0.155. The van der Waals surface area contributed by atoms with Crippen LogP contribution in [0, 0.1) is 5.41 Å². The first-order valence-electron chi connectivity index (χ1n) is 7.52. The van der Waals surface area contributed by atoms with Crippen LogP contribution in [0.4, 0.5) is 4.79 Å². The fourth-order valence-electron chi connectivity index (χ4n) is 2.75. The second kappa shape index (κ2) is 6.81. The molecule has 120 valence electrons. The van der Waals surface area contributed by atoms with Gasteiger partial charge in [0.25, 0.3) is 0 Å². The van der Waals surface area contributed by atoms with E-state index in [0.29, 0.717) is 13.0 Å². The number of piperidine rings is 1. The van der Waals surface area contributed by atoms with Crippen molar-refractivity contribution < 1.29 is 19.1 Å². The quantitative estimate of drug-likeness (QED) is 0.806. The summed E-state index contributed by atoms with van der Waals surface area (Å²) in [7, 11) is 1.38. The van der Waals surface area contributed by atoms with Crippen molar-refractivity contribution in [3.8, 4) is 0 Å². The highest BCUT2D eigenvalue weighted by atomic mass is 16.6. The van der Waals surface area contributed by atoms with Gasteiger partial charge in [-0.3, -0.25) is 4.79 Å². The van der Waals surface area contributed by atoms with Gasteiger partial charge < -0.3 is 14.4 Å². The average molecular weight is 305 g/mol. The van der Waals surface area contributed by atoms with Gasteiger partial charge in [0.1, 0.15) is 6.61 Å². The molecule has 22 heavy (non-hydrogen) atoms. The zero-order valence-corrected chi connectivity index (χ0v) is 13.4.